The van der Waals surface area contributed by atoms with Crippen LogP contribution in [0.5, 0.6) is 0 Å². The molecule has 9 heteroatoms. The van der Waals surface area contributed by atoms with Gasteiger partial charge in [-0.15, -0.1) is 24.8 Å². The van der Waals surface area contributed by atoms with Gasteiger partial charge in [0.2, 0.25) is 0 Å². The van der Waals surface area contributed by atoms with Gasteiger partial charge in [0.1, 0.15) is 16.9 Å². The molecular weight excluding hydrogens is 426 g/mol. The van der Waals surface area contributed by atoms with E-state index in [-0.39, 0.29) is 30.6 Å². The van der Waals surface area contributed by atoms with Crippen molar-refractivity contribution in [3.8, 4) is 11.3 Å². The second kappa shape index (κ2) is 8.79. The third kappa shape index (κ3) is 3.97. The third-order valence-electron chi connectivity index (χ3n) is 5.50. The van der Waals surface area contributed by atoms with Gasteiger partial charge in [0.25, 0.3) is 0 Å². The van der Waals surface area contributed by atoms with Gasteiger partial charge in [-0.1, -0.05) is 0 Å². The van der Waals surface area contributed by atoms with Gasteiger partial charge in [0.05, 0.1) is 23.1 Å². The SMILES string of the molecule is Cc1cc(-c2cc(F)c3cc(C4CCNCC4)nnc3c2)nc2cn(C)nc12.Cl.Cl. The monoisotopic (exact) mass is 448 g/mol. The number of halogens is 3. The van der Waals surface area contributed by atoms with Crippen LogP contribution >= 0.6 is 24.8 Å². The summed E-state index contributed by atoms with van der Waals surface area (Å²) in [5.41, 5.74) is 5.51. The van der Waals surface area contributed by atoms with E-state index in [9.17, 15) is 4.39 Å². The first-order valence-electron chi connectivity index (χ1n) is 9.57. The van der Waals surface area contributed by atoms with Gasteiger partial charge >= 0.3 is 0 Å². The number of nitrogens with one attached hydrogen (secondary N) is 1. The maximum Gasteiger partial charge on any atom is 0.133 e. The number of fused-ring (bicyclic) bond motifs is 2. The van der Waals surface area contributed by atoms with Crippen LogP contribution in [0, 0.1) is 12.7 Å². The molecule has 158 valence electrons. The van der Waals surface area contributed by atoms with Gasteiger partial charge in [-0.25, -0.2) is 9.37 Å². The first kappa shape index (κ1) is 22.3. The number of nitrogens with zero attached hydrogens (tertiary/aromatic N) is 5. The number of pyridine rings is 1. The molecule has 1 aliphatic rings. The van der Waals surface area contributed by atoms with Gasteiger partial charge in [0.15, 0.2) is 0 Å². The molecule has 6 nitrogen and oxygen atoms in total. The van der Waals surface area contributed by atoms with E-state index in [2.05, 4.69) is 25.6 Å². The number of rotatable bonds is 2. The maximum absolute atomic E-state index is 15.0. The Morgan fingerprint density at radius 2 is 1.80 bits per heavy atom. The third-order valence-corrected chi connectivity index (χ3v) is 5.50. The first-order valence-corrected chi connectivity index (χ1v) is 9.57. The summed E-state index contributed by atoms with van der Waals surface area (Å²) in [7, 11) is 1.87. The Hall–Kier alpha value is -2.35. The van der Waals surface area contributed by atoms with Crippen LogP contribution in [0.4, 0.5) is 4.39 Å². The Labute approximate surface area is 186 Å². The normalized spacial score (nSPS) is 14.5. The lowest BCUT2D eigenvalue weighted by Crippen LogP contribution is -2.27. The summed E-state index contributed by atoms with van der Waals surface area (Å²) in [5, 5.41) is 17.0. The van der Waals surface area contributed by atoms with Crippen LogP contribution in [-0.4, -0.2) is 38.1 Å². The van der Waals surface area contributed by atoms with E-state index in [0.717, 1.165) is 48.2 Å². The molecule has 5 rings (SSSR count). The smallest absolute Gasteiger partial charge is 0.133 e. The Balaban J connectivity index is 0.00000128. The molecular formula is C21H23Cl2FN6. The number of aromatic nitrogens is 5. The van der Waals surface area contributed by atoms with Gasteiger partial charge in [0, 0.05) is 23.9 Å². The first-order chi connectivity index (χ1) is 13.6. The summed E-state index contributed by atoms with van der Waals surface area (Å²) < 4.78 is 16.7. The summed E-state index contributed by atoms with van der Waals surface area (Å²) in [4.78, 5) is 4.66. The Bertz CT molecular complexity index is 1200. The molecule has 1 saturated heterocycles. The summed E-state index contributed by atoms with van der Waals surface area (Å²) in [6, 6.07) is 7.20. The fraction of sp³-hybridized carbons (Fsp3) is 0.333. The molecule has 0 amide bonds. The van der Waals surface area contributed by atoms with Crippen molar-refractivity contribution < 1.29 is 4.39 Å². The topological polar surface area (TPSA) is 68.5 Å². The van der Waals surface area contributed by atoms with Crippen LogP contribution in [0.15, 0.2) is 30.5 Å². The summed E-state index contributed by atoms with van der Waals surface area (Å²) >= 11 is 0. The summed E-state index contributed by atoms with van der Waals surface area (Å²) in [6.45, 7) is 3.92. The molecule has 1 aliphatic heterocycles. The van der Waals surface area contributed by atoms with Crippen molar-refractivity contribution in [2.45, 2.75) is 25.7 Å². The molecule has 4 aromatic rings. The molecule has 0 unspecified atom stereocenters. The highest BCUT2D eigenvalue weighted by Gasteiger charge is 2.19. The van der Waals surface area contributed by atoms with Crippen LogP contribution in [0.1, 0.15) is 30.0 Å². The summed E-state index contributed by atoms with van der Waals surface area (Å²) in [6.07, 6.45) is 3.89. The fourth-order valence-electron chi connectivity index (χ4n) is 4.00. The standard InChI is InChI=1S/C21H21FN6.2ClH/c1-12-7-17(24-20-11-28(2)27-21(12)20)14-8-16(22)15-10-18(25-26-19(15)9-14)13-3-5-23-6-4-13;;/h7-11,13,23H,3-6H2,1-2H3;2*1H. The minimum atomic E-state index is -0.289. The Kier molecular flexibility index (Phi) is 6.55. The molecule has 0 saturated carbocycles. The van der Waals surface area contributed by atoms with E-state index >= 15 is 0 Å². The quantitative estimate of drug-likeness (QED) is 0.493. The van der Waals surface area contributed by atoms with Crippen LogP contribution in [0.25, 0.3) is 33.2 Å². The zero-order chi connectivity index (χ0) is 19.3. The van der Waals surface area contributed by atoms with E-state index in [1.54, 1.807) is 10.7 Å². The highest BCUT2D eigenvalue weighted by atomic mass is 35.5. The van der Waals surface area contributed by atoms with E-state index < -0.39 is 0 Å². The van der Waals surface area contributed by atoms with Crippen LogP contribution in [0.3, 0.4) is 0 Å². The molecule has 0 spiro atoms. The number of hydrogen-bond acceptors (Lipinski definition) is 5. The second-order valence-corrected chi connectivity index (χ2v) is 7.55. The van der Waals surface area contributed by atoms with Gasteiger partial charge < -0.3 is 5.32 Å². The molecule has 1 N–H and O–H groups in total. The summed E-state index contributed by atoms with van der Waals surface area (Å²) in [5.74, 6) is 0.0536. The minimum absolute atomic E-state index is 0. The predicted octanol–water partition coefficient (Wildman–Crippen LogP) is 4.34. The molecule has 0 aliphatic carbocycles. The largest absolute Gasteiger partial charge is 0.317 e. The van der Waals surface area contributed by atoms with Crippen molar-refractivity contribution in [2.75, 3.05) is 13.1 Å². The van der Waals surface area contributed by atoms with Crippen LogP contribution < -0.4 is 5.32 Å². The maximum atomic E-state index is 15.0. The van der Waals surface area contributed by atoms with E-state index in [1.807, 2.05) is 38.4 Å². The molecule has 0 radical (unpaired) electrons. The minimum Gasteiger partial charge on any atom is -0.317 e. The zero-order valence-electron chi connectivity index (χ0n) is 16.7. The number of aryl methyl sites for hydroxylation is 2. The average Bonchev–Trinajstić information content (AvgIpc) is 3.09. The van der Waals surface area contributed by atoms with Gasteiger partial charge in [-0.2, -0.15) is 15.3 Å². The lowest BCUT2D eigenvalue weighted by atomic mass is 9.93. The van der Waals surface area contributed by atoms with E-state index in [4.69, 9.17) is 0 Å². The molecule has 4 heterocycles. The lowest BCUT2D eigenvalue weighted by molar-refractivity contribution is 0.451. The Morgan fingerprint density at radius 3 is 2.57 bits per heavy atom. The fourth-order valence-corrected chi connectivity index (χ4v) is 4.00. The number of piperidine rings is 1. The van der Waals surface area contributed by atoms with E-state index in [0.29, 0.717) is 28.1 Å². The van der Waals surface area contributed by atoms with Crippen molar-refractivity contribution in [3.05, 3.63) is 47.5 Å². The number of hydrogen-bond donors (Lipinski definition) is 1. The average molecular weight is 449 g/mol. The van der Waals surface area contributed by atoms with Crippen molar-refractivity contribution in [2.24, 2.45) is 7.05 Å². The predicted molar refractivity (Wildman–Crippen MR) is 121 cm³/mol. The number of benzene rings is 1. The molecule has 0 atom stereocenters. The van der Waals surface area contributed by atoms with Gasteiger partial charge in [-0.05, 0) is 62.7 Å². The molecule has 1 fully saturated rings. The lowest BCUT2D eigenvalue weighted by Gasteiger charge is -2.21. The van der Waals surface area contributed by atoms with Crippen molar-refractivity contribution in [1.82, 2.24) is 30.3 Å². The molecule has 0 bridgehead atoms. The van der Waals surface area contributed by atoms with Crippen LogP contribution in [-0.2, 0) is 7.05 Å². The highest BCUT2D eigenvalue weighted by molar-refractivity contribution is 5.87. The van der Waals surface area contributed by atoms with E-state index in [1.165, 1.54) is 0 Å². The second-order valence-electron chi connectivity index (χ2n) is 7.55. The van der Waals surface area contributed by atoms with Crippen molar-refractivity contribution >= 4 is 46.8 Å². The van der Waals surface area contributed by atoms with Crippen LogP contribution in [0.2, 0.25) is 0 Å². The molecule has 1 aromatic carbocycles. The zero-order valence-corrected chi connectivity index (χ0v) is 18.4. The molecule has 3 aromatic heterocycles. The van der Waals surface area contributed by atoms with Crippen molar-refractivity contribution in [3.63, 3.8) is 0 Å². The highest BCUT2D eigenvalue weighted by Crippen LogP contribution is 2.30. The van der Waals surface area contributed by atoms with Crippen molar-refractivity contribution in [1.29, 1.82) is 0 Å². The Morgan fingerprint density at radius 1 is 1.03 bits per heavy atom. The molecule has 30 heavy (non-hydrogen) atoms. The van der Waals surface area contributed by atoms with Gasteiger partial charge in [-0.3, -0.25) is 4.68 Å².